The number of para-hydroxylation sites is 4. The van der Waals surface area contributed by atoms with E-state index < -0.39 is 0 Å². The topological polar surface area (TPSA) is 35.6 Å². The molecule has 0 unspecified atom stereocenters. The molecule has 0 amide bonds. The Hall–Kier alpha value is -6.26. The molecule has 0 aliphatic carbocycles. The van der Waals surface area contributed by atoms with Crippen LogP contribution in [-0.4, -0.2) is 19.1 Å². The second kappa shape index (κ2) is 9.62. The van der Waals surface area contributed by atoms with Crippen molar-refractivity contribution in [1.29, 1.82) is 0 Å². The number of hydrogen-bond acceptors (Lipinski definition) is 2. The maximum Gasteiger partial charge on any atom is 0.235 e. The molecule has 4 nitrogen and oxygen atoms in total. The second-order valence-electron chi connectivity index (χ2n) is 11.9. The predicted molar refractivity (Wildman–Crippen MR) is 191 cm³/mol. The Kier molecular flexibility index (Phi) is 5.25. The van der Waals surface area contributed by atoms with Crippen LogP contribution in [-0.2, 0) is 0 Å². The summed E-state index contributed by atoms with van der Waals surface area (Å²) in [6.07, 6.45) is 0. The minimum absolute atomic E-state index is 0.662. The van der Waals surface area contributed by atoms with Crippen molar-refractivity contribution in [3.8, 4) is 22.9 Å². The van der Waals surface area contributed by atoms with Gasteiger partial charge in [0.1, 0.15) is 0 Å². The van der Waals surface area contributed by atoms with Gasteiger partial charge >= 0.3 is 0 Å². The van der Waals surface area contributed by atoms with Gasteiger partial charge in [-0.2, -0.15) is 0 Å². The molecule has 0 atom stereocenters. The summed E-state index contributed by atoms with van der Waals surface area (Å²) < 4.78 is 4.61. The number of benzene rings is 7. The second-order valence-corrected chi connectivity index (χ2v) is 11.9. The molecule has 0 fully saturated rings. The van der Waals surface area contributed by atoms with Crippen LogP contribution >= 0.6 is 0 Å². The molecule has 4 heteroatoms. The summed E-state index contributed by atoms with van der Waals surface area (Å²) in [7, 11) is 0. The lowest BCUT2D eigenvalue weighted by atomic mass is 10.0. The lowest BCUT2D eigenvalue weighted by molar-refractivity contribution is 1.01. The predicted octanol–water partition coefficient (Wildman–Crippen LogP) is 10.6. The van der Waals surface area contributed by atoms with E-state index in [1.807, 2.05) is 0 Å². The molecule has 3 aromatic heterocycles. The molecule has 3 heterocycles. The van der Waals surface area contributed by atoms with Gasteiger partial charge in [-0.1, -0.05) is 109 Å². The summed E-state index contributed by atoms with van der Waals surface area (Å²) in [4.78, 5) is 10.6. The molecule has 10 rings (SSSR count). The Balaban J connectivity index is 1.32. The highest BCUT2D eigenvalue weighted by atomic mass is 15.2. The average Bonchev–Trinajstić information content (AvgIpc) is 3.62. The minimum atomic E-state index is 0.662. The highest BCUT2D eigenvalue weighted by Crippen LogP contribution is 2.40. The van der Waals surface area contributed by atoms with Crippen LogP contribution in [0.4, 0.5) is 0 Å². The van der Waals surface area contributed by atoms with Crippen molar-refractivity contribution in [3.63, 3.8) is 0 Å². The van der Waals surface area contributed by atoms with E-state index in [1.54, 1.807) is 0 Å². The molecule has 0 aliphatic rings. The first-order chi connectivity index (χ1) is 22.8. The molecule has 7 aromatic carbocycles. The molecule has 0 saturated heterocycles. The lowest BCUT2D eigenvalue weighted by Crippen LogP contribution is -2.03. The van der Waals surface area contributed by atoms with Crippen molar-refractivity contribution in [2.75, 3.05) is 0 Å². The molecule has 0 bridgehead atoms. The summed E-state index contributed by atoms with van der Waals surface area (Å²) in [5.41, 5.74) is 8.56. The van der Waals surface area contributed by atoms with Crippen molar-refractivity contribution < 1.29 is 0 Å². The van der Waals surface area contributed by atoms with Crippen molar-refractivity contribution in [2.45, 2.75) is 0 Å². The van der Waals surface area contributed by atoms with Crippen molar-refractivity contribution in [1.82, 2.24) is 19.1 Å². The van der Waals surface area contributed by atoms with Crippen LogP contribution in [0.5, 0.6) is 0 Å². The van der Waals surface area contributed by atoms with Gasteiger partial charge in [0.25, 0.3) is 0 Å². The van der Waals surface area contributed by atoms with Crippen molar-refractivity contribution >= 4 is 65.3 Å². The quantitative estimate of drug-likeness (QED) is 0.206. The molecule has 0 saturated carbocycles. The number of fused-ring (bicyclic) bond motifs is 8. The first kappa shape index (κ1) is 25.1. The van der Waals surface area contributed by atoms with E-state index in [-0.39, 0.29) is 0 Å². The van der Waals surface area contributed by atoms with Gasteiger partial charge in [0.15, 0.2) is 0 Å². The molecule has 0 aliphatic heterocycles. The monoisotopic (exact) mass is 586 g/mol. The third-order valence-corrected chi connectivity index (χ3v) is 9.29. The third kappa shape index (κ3) is 3.61. The summed E-state index contributed by atoms with van der Waals surface area (Å²) in [5, 5.41) is 8.27. The van der Waals surface area contributed by atoms with Gasteiger partial charge in [0.2, 0.25) is 5.95 Å². The standard InChI is InChI=1S/C42H26N4/c1-2-14-30(15-3-1)45-37-20-10-7-16-31(37)34-25-35-32-17-8-11-21-38(32)46(40(35)26-39(34)45)42-43-36-19-9-6-18-33(36)41(44-42)29-23-22-27-12-4-5-13-28(27)24-29/h1-26H. The largest absolute Gasteiger partial charge is 0.309 e. The van der Waals surface area contributed by atoms with E-state index in [0.717, 1.165) is 44.4 Å². The Morgan fingerprint density at radius 2 is 0.978 bits per heavy atom. The van der Waals surface area contributed by atoms with Gasteiger partial charge in [-0.25, -0.2) is 9.97 Å². The molecular weight excluding hydrogens is 560 g/mol. The SMILES string of the molecule is c1ccc(-n2c3ccccc3c3cc4c5ccccc5n(-c5nc(-c6ccc7ccccc7c6)c6ccccc6n5)c4cc32)cc1. The first-order valence-electron chi connectivity index (χ1n) is 15.6. The van der Waals surface area contributed by atoms with Crippen LogP contribution < -0.4 is 0 Å². The van der Waals surface area contributed by atoms with Crippen LogP contribution in [0.1, 0.15) is 0 Å². The number of aromatic nitrogens is 4. The fourth-order valence-corrected chi connectivity index (χ4v) is 7.22. The highest BCUT2D eigenvalue weighted by molar-refractivity contribution is 6.19. The van der Waals surface area contributed by atoms with E-state index in [0.29, 0.717) is 5.95 Å². The normalized spacial score (nSPS) is 11.9. The molecule has 10 aromatic rings. The van der Waals surface area contributed by atoms with Crippen molar-refractivity contribution in [3.05, 3.63) is 158 Å². The molecule has 0 radical (unpaired) electrons. The van der Waals surface area contributed by atoms with Crippen molar-refractivity contribution in [2.24, 2.45) is 0 Å². The van der Waals surface area contributed by atoms with Gasteiger partial charge in [-0.15, -0.1) is 0 Å². The lowest BCUT2D eigenvalue weighted by Gasteiger charge is -2.12. The van der Waals surface area contributed by atoms with Crippen LogP contribution in [0.25, 0.3) is 88.2 Å². The summed E-state index contributed by atoms with van der Waals surface area (Å²) in [5.74, 6) is 0.662. The zero-order chi connectivity index (χ0) is 30.2. The molecule has 0 N–H and O–H groups in total. The van der Waals surface area contributed by atoms with E-state index in [1.165, 1.54) is 37.8 Å². The average molecular weight is 587 g/mol. The first-order valence-corrected chi connectivity index (χ1v) is 15.6. The van der Waals surface area contributed by atoms with E-state index in [4.69, 9.17) is 9.97 Å². The Morgan fingerprint density at radius 3 is 1.76 bits per heavy atom. The maximum absolute atomic E-state index is 5.37. The fourth-order valence-electron chi connectivity index (χ4n) is 7.22. The maximum atomic E-state index is 5.37. The zero-order valence-electron chi connectivity index (χ0n) is 24.8. The molecule has 0 spiro atoms. The number of nitrogens with zero attached hydrogens (tertiary/aromatic N) is 4. The molecular formula is C42H26N4. The highest BCUT2D eigenvalue weighted by Gasteiger charge is 2.20. The Morgan fingerprint density at radius 1 is 0.370 bits per heavy atom. The molecule has 46 heavy (non-hydrogen) atoms. The summed E-state index contributed by atoms with van der Waals surface area (Å²) in [6.45, 7) is 0. The minimum Gasteiger partial charge on any atom is -0.309 e. The van der Waals surface area contributed by atoms with E-state index in [2.05, 4.69) is 167 Å². The van der Waals surface area contributed by atoms with E-state index >= 15 is 0 Å². The number of rotatable bonds is 3. The summed E-state index contributed by atoms with van der Waals surface area (Å²) in [6, 6.07) is 56.0. The molecule has 214 valence electrons. The van der Waals surface area contributed by atoms with Gasteiger partial charge in [0, 0.05) is 38.2 Å². The Bertz CT molecular complexity index is 2810. The van der Waals surface area contributed by atoms with Gasteiger partial charge < -0.3 is 4.57 Å². The van der Waals surface area contributed by atoms with Gasteiger partial charge in [0.05, 0.1) is 33.3 Å². The van der Waals surface area contributed by atoms with Crippen LogP contribution in [0, 0.1) is 0 Å². The van der Waals surface area contributed by atoms with Crippen LogP contribution in [0.15, 0.2) is 158 Å². The Labute approximate surface area is 264 Å². The fraction of sp³-hybridized carbons (Fsp3) is 0. The number of hydrogen-bond donors (Lipinski definition) is 0. The van der Waals surface area contributed by atoms with E-state index in [9.17, 15) is 0 Å². The van der Waals surface area contributed by atoms with Gasteiger partial charge in [-0.3, -0.25) is 4.57 Å². The van der Waals surface area contributed by atoms with Crippen LogP contribution in [0.2, 0.25) is 0 Å². The summed E-state index contributed by atoms with van der Waals surface area (Å²) >= 11 is 0. The van der Waals surface area contributed by atoms with Crippen LogP contribution in [0.3, 0.4) is 0 Å². The van der Waals surface area contributed by atoms with Gasteiger partial charge in [-0.05, 0) is 59.3 Å². The zero-order valence-corrected chi connectivity index (χ0v) is 24.8. The third-order valence-electron chi connectivity index (χ3n) is 9.29. The smallest absolute Gasteiger partial charge is 0.235 e.